The van der Waals surface area contributed by atoms with Gasteiger partial charge in [-0.25, -0.2) is 4.98 Å². The van der Waals surface area contributed by atoms with Crippen molar-refractivity contribution in [1.82, 2.24) is 15.0 Å². The van der Waals surface area contributed by atoms with Gasteiger partial charge in [0.15, 0.2) is 5.16 Å². The van der Waals surface area contributed by atoms with E-state index in [9.17, 15) is 4.79 Å². The Labute approximate surface area is 150 Å². The highest BCUT2D eigenvalue weighted by Gasteiger charge is 2.21. The van der Waals surface area contributed by atoms with Gasteiger partial charge in [-0.15, -0.1) is 0 Å². The molecular weight excluding hydrogens is 336 g/mol. The number of ether oxygens (including phenoxy) is 1. The molecule has 3 aromatic rings. The van der Waals surface area contributed by atoms with Gasteiger partial charge < -0.3 is 15.0 Å². The van der Waals surface area contributed by atoms with Gasteiger partial charge in [-0.1, -0.05) is 30.8 Å². The maximum Gasteiger partial charge on any atom is 0.238 e. The second kappa shape index (κ2) is 8.02. The topological polar surface area (TPSA) is 79.9 Å². The number of H-pyrrole nitrogens is 1. The van der Waals surface area contributed by atoms with Gasteiger partial charge in [0, 0.05) is 6.20 Å². The molecule has 130 valence electrons. The van der Waals surface area contributed by atoms with Gasteiger partial charge in [-0.3, -0.25) is 9.78 Å². The summed E-state index contributed by atoms with van der Waals surface area (Å²) in [5, 5.41) is 3.41. The van der Waals surface area contributed by atoms with Crippen LogP contribution in [0.5, 0.6) is 5.75 Å². The summed E-state index contributed by atoms with van der Waals surface area (Å²) in [6.45, 7) is 4.45. The van der Waals surface area contributed by atoms with Gasteiger partial charge in [0.2, 0.25) is 5.91 Å². The Morgan fingerprint density at radius 1 is 1.32 bits per heavy atom. The SMILES string of the molecule is CCOc1ccccc1NC(=O)[C@@H](CC)Sc1nc2ccncc2[nH]1. The molecular formula is C18H20N4O2S. The summed E-state index contributed by atoms with van der Waals surface area (Å²) in [6.07, 6.45) is 4.11. The molecule has 2 aromatic heterocycles. The molecule has 1 atom stereocenters. The summed E-state index contributed by atoms with van der Waals surface area (Å²) in [5.74, 6) is 0.603. The number of carbonyl (C=O) groups is 1. The third-order valence-corrected chi connectivity index (χ3v) is 4.87. The molecule has 25 heavy (non-hydrogen) atoms. The molecule has 3 rings (SSSR count). The van der Waals surface area contributed by atoms with E-state index in [4.69, 9.17) is 4.74 Å². The number of aromatic amines is 1. The van der Waals surface area contributed by atoms with Crippen LogP contribution in [0.4, 0.5) is 5.69 Å². The van der Waals surface area contributed by atoms with Crippen LogP contribution in [0.25, 0.3) is 11.0 Å². The quantitative estimate of drug-likeness (QED) is 0.628. The van der Waals surface area contributed by atoms with Crippen LogP contribution < -0.4 is 10.1 Å². The molecule has 0 aliphatic carbocycles. The Balaban J connectivity index is 1.73. The molecule has 0 aliphatic rings. The van der Waals surface area contributed by atoms with Crippen molar-refractivity contribution in [3.63, 3.8) is 0 Å². The molecule has 0 saturated heterocycles. The van der Waals surface area contributed by atoms with Crippen molar-refractivity contribution >= 4 is 34.4 Å². The number of fused-ring (bicyclic) bond motifs is 1. The number of hydrogen-bond acceptors (Lipinski definition) is 5. The molecule has 0 fully saturated rings. The Hall–Kier alpha value is -2.54. The Morgan fingerprint density at radius 2 is 2.16 bits per heavy atom. The molecule has 0 spiro atoms. The fraction of sp³-hybridized carbons (Fsp3) is 0.278. The van der Waals surface area contributed by atoms with Crippen LogP contribution in [0.2, 0.25) is 0 Å². The molecule has 2 N–H and O–H groups in total. The lowest BCUT2D eigenvalue weighted by atomic mass is 10.2. The molecule has 0 saturated carbocycles. The maximum atomic E-state index is 12.7. The number of benzene rings is 1. The van der Waals surface area contributed by atoms with Gasteiger partial charge in [-0.2, -0.15) is 0 Å². The standard InChI is InChI=1S/C18H20N4O2S/c1-3-16(25-18-21-12-9-10-19-11-14(12)22-18)17(23)20-13-7-5-6-8-15(13)24-4-2/h5-11,16H,3-4H2,1-2H3,(H,20,23)(H,21,22)/t16-/m1/s1. The lowest BCUT2D eigenvalue weighted by Crippen LogP contribution is -2.25. The highest BCUT2D eigenvalue weighted by atomic mass is 32.2. The minimum atomic E-state index is -0.261. The summed E-state index contributed by atoms with van der Waals surface area (Å²) >= 11 is 1.41. The number of anilines is 1. The lowest BCUT2D eigenvalue weighted by Gasteiger charge is -2.15. The van der Waals surface area contributed by atoms with E-state index >= 15 is 0 Å². The van der Waals surface area contributed by atoms with E-state index in [1.807, 2.05) is 44.2 Å². The van der Waals surface area contributed by atoms with Crippen molar-refractivity contribution < 1.29 is 9.53 Å². The Kier molecular flexibility index (Phi) is 5.55. The number of thioether (sulfide) groups is 1. The number of rotatable bonds is 7. The number of carbonyl (C=O) groups excluding carboxylic acids is 1. The minimum Gasteiger partial charge on any atom is -0.492 e. The summed E-state index contributed by atoms with van der Waals surface area (Å²) < 4.78 is 5.56. The number of hydrogen-bond donors (Lipinski definition) is 2. The second-order valence-electron chi connectivity index (χ2n) is 5.37. The number of amides is 1. The maximum absolute atomic E-state index is 12.7. The van der Waals surface area contributed by atoms with Crippen LogP contribution in [0.1, 0.15) is 20.3 Å². The summed E-state index contributed by atoms with van der Waals surface area (Å²) in [5.41, 5.74) is 2.39. The number of imidazole rings is 1. The normalized spacial score (nSPS) is 12.1. The van der Waals surface area contributed by atoms with Gasteiger partial charge in [0.25, 0.3) is 0 Å². The van der Waals surface area contributed by atoms with Gasteiger partial charge in [0.05, 0.1) is 34.8 Å². The van der Waals surface area contributed by atoms with Gasteiger partial charge in [0.1, 0.15) is 5.75 Å². The second-order valence-corrected chi connectivity index (χ2v) is 6.56. The van der Waals surface area contributed by atoms with E-state index < -0.39 is 0 Å². The highest BCUT2D eigenvalue weighted by molar-refractivity contribution is 8.00. The van der Waals surface area contributed by atoms with Crippen LogP contribution in [0.15, 0.2) is 47.9 Å². The molecule has 2 heterocycles. The summed E-state index contributed by atoms with van der Waals surface area (Å²) in [4.78, 5) is 24.4. The zero-order valence-corrected chi connectivity index (χ0v) is 15.0. The van der Waals surface area contributed by atoms with E-state index in [0.717, 1.165) is 11.0 Å². The van der Waals surface area contributed by atoms with Gasteiger partial charge >= 0.3 is 0 Å². The van der Waals surface area contributed by atoms with Crippen LogP contribution in [-0.2, 0) is 4.79 Å². The highest BCUT2D eigenvalue weighted by Crippen LogP contribution is 2.28. The fourth-order valence-corrected chi connectivity index (χ4v) is 3.33. The Bertz CT molecular complexity index is 832. The molecule has 7 heteroatoms. The summed E-state index contributed by atoms with van der Waals surface area (Å²) in [6, 6.07) is 9.29. The molecule has 6 nitrogen and oxygen atoms in total. The van der Waals surface area contributed by atoms with Crippen molar-refractivity contribution in [3.8, 4) is 5.75 Å². The number of para-hydroxylation sites is 2. The number of nitrogens with one attached hydrogen (secondary N) is 2. The predicted octanol–water partition coefficient (Wildman–Crippen LogP) is 3.87. The smallest absolute Gasteiger partial charge is 0.238 e. The van der Waals surface area contributed by atoms with Crippen LogP contribution in [-0.4, -0.2) is 32.7 Å². The van der Waals surface area contributed by atoms with Crippen molar-refractivity contribution in [2.24, 2.45) is 0 Å². The van der Waals surface area contributed by atoms with E-state index in [1.54, 1.807) is 12.4 Å². The van der Waals surface area contributed by atoms with Crippen molar-refractivity contribution in [2.75, 3.05) is 11.9 Å². The third kappa shape index (κ3) is 4.11. The van der Waals surface area contributed by atoms with Gasteiger partial charge in [-0.05, 0) is 31.5 Å². The fourth-order valence-electron chi connectivity index (χ4n) is 2.41. The lowest BCUT2D eigenvalue weighted by molar-refractivity contribution is -0.115. The zero-order chi connectivity index (χ0) is 17.6. The zero-order valence-electron chi connectivity index (χ0n) is 14.2. The number of aromatic nitrogens is 3. The van der Waals surface area contributed by atoms with Crippen molar-refractivity contribution in [1.29, 1.82) is 0 Å². The molecule has 1 amide bonds. The first-order valence-corrected chi connectivity index (χ1v) is 9.08. The Morgan fingerprint density at radius 3 is 2.92 bits per heavy atom. The van der Waals surface area contributed by atoms with E-state index in [-0.39, 0.29) is 11.2 Å². The van der Waals surface area contributed by atoms with E-state index in [0.29, 0.717) is 29.6 Å². The first-order chi connectivity index (χ1) is 12.2. The molecule has 0 unspecified atom stereocenters. The number of nitrogens with zero attached hydrogens (tertiary/aromatic N) is 2. The molecule has 1 aromatic carbocycles. The number of pyridine rings is 1. The average Bonchev–Trinajstić information content (AvgIpc) is 3.04. The third-order valence-electron chi connectivity index (χ3n) is 3.62. The monoisotopic (exact) mass is 356 g/mol. The van der Waals surface area contributed by atoms with Crippen molar-refractivity contribution in [2.45, 2.75) is 30.7 Å². The first kappa shape index (κ1) is 17.3. The predicted molar refractivity (Wildman–Crippen MR) is 100 cm³/mol. The molecule has 0 bridgehead atoms. The van der Waals surface area contributed by atoms with E-state index in [1.165, 1.54) is 11.8 Å². The molecule has 0 aliphatic heterocycles. The first-order valence-electron chi connectivity index (χ1n) is 8.20. The van der Waals surface area contributed by atoms with E-state index in [2.05, 4.69) is 20.3 Å². The average molecular weight is 356 g/mol. The summed E-state index contributed by atoms with van der Waals surface area (Å²) in [7, 11) is 0. The minimum absolute atomic E-state index is 0.0711. The van der Waals surface area contributed by atoms with Crippen LogP contribution >= 0.6 is 11.8 Å². The largest absolute Gasteiger partial charge is 0.492 e. The van der Waals surface area contributed by atoms with Crippen LogP contribution in [0, 0.1) is 0 Å². The molecule has 0 radical (unpaired) electrons. The van der Waals surface area contributed by atoms with Crippen LogP contribution in [0.3, 0.4) is 0 Å². The van der Waals surface area contributed by atoms with Crippen molar-refractivity contribution in [3.05, 3.63) is 42.7 Å².